The number of methoxy groups -OCH3 is 1. The molecule has 1 aliphatic rings. The largest absolute Gasteiger partial charge is 0.495 e. The summed E-state index contributed by atoms with van der Waals surface area (Å²) in [5.41, 5.74) is 3.89. The summed E-state index contributed by atoms with van der Waals surface area (Å²) in [5, 5.41) is 10.5. The third kappa shape index (κ3) is 2.88. The van der Waals surface area contributed by atoms with Gasteiger partial charge in [-0.3, -0.25) is 9.89 Å². The molecule has 0 radical (unpaired) electrons. The number of hydrogen-bond acceptors (Lipinski definition) is 4. The first-order valence-electron chi connectivity index (χ1n) is 7.61. The van der Waals surface area contributed by atoms with E-state index in [1.807, 2.05) is 18.2 Å². The topological polar surface area (TPSA) is 67.0 Å². The molecule has 1 aliphatic heterocycles. The van der Waals surface area contributed by atoms with Gasteiger partial charge in [0.05, 0.1) is 17.8 Å². The molecule has 7 heteroatoms. The summed E-state index contributed by atoms with van der Waals surface area (Å²) in [6.07, 6.45) is 0. The van der Waals surface area contributed by atoms with E-state index in [0.717, 1.165) is 16.8 Å². The maximum absolute atomic E-state index is 12.7. The Labute approximate surface area is 153 Å². The van der Waals surface area contributed by atoms with Crippen molar-refractivity contribution in [2.75, 3.05) is 12.4 Å². The van der Waals surface area contributed by atoms with Crippen LogP contribution in [0.25, 0.3) is 11.3 Å². The predicted molar refractivity (Wildman–Crippen MR) is 99.5 cm³/mol. The molecule has 0 spiro atoms. The van der Waals surface area contributed by atoms with E-state index < -0.39 is 0 Å². The summed E-state index contributed by atoms with van der Waals surface area (Å²) in [6, 6.07) is 13.2. The number of carbonyl (C=O) groups is 1. The summed E-state index contributed by atoms with van der Waals surface area (Å²) < 4.78 is 5.12. The molecule has 1 aromatic heterocycles. The first kappa shape index (κ1) is 16.1. The van der Waals surface area contributed by atoms with Crippen LogP contribution in [0.5, 0.6) is 5.75 Å². The van der Waals surface area contributed by atoms with Crippen molar-refractivity contribution in [1.82, 2.24) is 10.2 Å². The van der Waals surface area contributed by atoms with Gasteiger partial charge in [-0.1, -0.05) is 29.8 Å². The SMILES string of the molecule is COc1ccc(NC(=O)c2[nH]nc3c2CSc2ccccc2-3)cc1Cl. The van der Waals surface area contributed by atoms with Crippen molar-refractivity contribution >= 4 is 35.0 Å². The number of ether oxygens (including phenoxy) is 1. The van der Waals surface area contributed by atoms with Crippen LogP contribution in [0.4, 0.5) is 5.69 Å². The van der Waals surface area contributed by atoms with E-state index in [1.165, 1.54) is 4.90 Å². The van der Waals surface area contributed by atoms with Crippen LogP contribution >= 0.6 is 23.4 Å². The normalized spacial score (nSPS) is 12.2. The van der Waals surface area contributed by atoms with Crippen molar-refractivity contribution in [3.05, 3.63) is 58.7 Å². The van der Waals surface area contributed by atoms with Crippen LogP contribution in [-0.4, -0.2) is 23.2 Å². The molecule has 2 N–H and O–H groups in total. The maximum Gasteiger partial charge on any atom is 0.274 e. The van der Waals surface area contributed by atoms with E-state index in [-0.39, 0.29) is 5.91 Å². The third-order valence-electron chi connectivity index (χ3n) is 4.02. The lowest BCUT2D eigenvalue weighted by Gasteiger charge is -2.15. The summed E-state index contributed by atoms with van der Waals surface area (Å²) >= 11 is 7.81. The fourth-order valence-corrected chi connectivity index (χ4v) is 4.13. The second-order valence-electron chi connectivity index (χ2n) is 5.51. The Morgan fingerprint density at radius 2 is 2.16 bits per heavy atom. The number of amides is 1. The van der Waals surface area contributed by atoms with Crippen LogP contribution in [0.15, 0.2) is 47.4 Å². The Kier molecular flexibility index (Phi) is 4.15. The van der Waals surface area contributed by atoms with E-state index in [0.29, 0.717) is 27.9 Å². The van der Waals surface area contributed by atoms with Crippen molar-refractivity contribution < 1.29 is 9.53 Å². The lowest BCUT2D eigenvalue weighted by atomic mass is 10.1. The Balaban J connectivity index is 1.63. The minimum Gasteiger partial charge on any atom is -0.495 e. The molecule has 0 atom stereocenters. The molecule has 1 amide bonds. The van der Waals surface area contributed by atoms with Crippen LogP contribution in [0.2, 0.25) is 5.02 Å². The number of nitrogens with one attached hydrogen (secondary N) is 2. The Bertz CT molecular complexity index is 971. The molecule has 0 aliphatic carbocycles. The molecule has 0 fully saturated rings. The van der Waals surface area contributed by atoms with Crippen LogP contribution in [-0.2, 0) is 5.75 Å². The zero-order chi connectivity index (χ0) is 17.4. The van der Waals surface area contributed by atoms with Gasteiger partial charge < -0.3 is 10.1 Å². The van der Waals surface area contributed by atoms with Gasteiger partial charge in [-0.15, -0.1) is 11.8 Å². The number of benzene rings is 2. The smallest absolute Gasteiger partial charge is 0.274 e. The fraction of sp³-hybridized carbons (Fsp3) is 0.111. The second kappa shape index (κ2) is 6.46. The highest BCUT2D eigenvalue weighted by Gasteiger charge is 2.25. The Morgan fingerprint density at radius 3 is 2.96 bits per heavy atom. The van der Waals surface area contributed by atoms with Crippen molar-refractivity contribution in [2.45, 2.75) is 10.6 Å². The van der Waals surface area contributed by atoms with Gasteiger partial charge in [-0.2, -0.15) is 5.10 Å². The summed E-state index contributed by atoms with van der Waals surface area (Å²) in [6.45, 7) is 0. The molecule has 3 aromatic rings. The molecule has 126 valence electrons. The van der Waals surface area contributed by atoms with Crippen LogP contribution in [0.3, 0.4) is 0 Å². The van der Waals surface area contributed by atoms with E-state index in [2.05, 4.69) is 21.6 Å². The maximum atomic E-state index is 12.7. The fourth-order valence-electron chi connectivity index (χ4n) is 2.79. The molecule has 4 rings (SSSR count). The first-order valence-corrected chi connectivity index (χ1v) is 8.98. The number of rotatable bonds is 3. The Morgan fingerprint density at radius 1 is 1.32 bits per heavy atom. The van der Waals surface area contributed by atoms with Crippen LogP contribution in [0, 0.1) is 0 Å². The number of hydrogen-bond donors (Lipinski definition) is 2. The molecule has 5 nitrogen and oxygen atoms in total. The zero-order valence-electron chi connectivity index (χ0n) is 13.3. The number of aromatic nitrogens is 2. The molecule has 2 aromatic carbocycles. The molecular weight excluding hydrogens is 358 g/mol. The van der Waals surface area contributed by atoms with E-state index in [1.54, 1.807) is 37.1 Å². The predicted octanol–water partition coefficient (Wildman–Crippen LogP) is 4.60. The zero-order valence-corrected chi connectivity index (χ0v) is 14.9. The molecule has 0 saturated carbocycles. The molecular formula is C18H14ClN3O2S. The number of thioether (sulfide) groups is 1. The highest BCUT2D eigenvalue weighted by molar-refractivity contribution is 7.98. The number of aromatic amines is 1. The second-order valence-corrected chi connectivity index (χ2v) is 6.94. The van der Waals surface area contributed by atoms with Crippen LogP contribution in [0.1, 0.15) is 16.1 Å². The van der Waals surface area contributed by atoms with Gasteiger partial charge in [0.2, 0.25) is 0 Å². The molecule has 0 bridgehead atoms. The Hall–Kier alpha value is -2.44. The van der Waals surface area contributed by atoms with E-state index in [9.17, 15) is 4.79 Å². The van der Waals surface area contributed by atoms with Crippen LogP contribution < -0.4 is 10.1 Å². The van der Waals surface area contributed by atoms with Gasteiger partial charge >= 0.3 is 0 Å². The highest BCUT2D eigenvalue weighted by Crippen LogP contribution is 2.41. The average Bonchev–Trinajstić information content (AvgIpc) is 3.06. The standard InChI is InChI=1S/C18H14ClN3O2S/c1-24-14-7-6-10(8-13(14)19)20-18(23)17-12-9-25-15-5-3-2-4-11(15)16(12)21-22-17/h2-8H,9H2,1H3,(H,20,23)(H,21,22). The van der Waals surface area contributed by atoms with Crippen molar-refractivity contribution in [1.29, 1.82) is 0 Å². The number of carbonyl (C=O) groups excluding carboxylic acids is 1. The lowest BCUT2D eigenvalue weighted by Crippen LogP contribution is -2.14. The van der Waals surface area contributed by atoms with Crippen molar-refractivity contribution in [3.63, 3.8) is 0 Å². The van der Waals surface area contributed by atoms with Gasteiger partial charge in [-0.25, -0.2) is 0 Å². The molecule has 0 saturated heterocycles. The lowest BCUT2D eigenvalue weighted by molar-refractivity contribution is 0.102. The number of H-pyrrole nitrogens is 1. The number of halogens is 1. The minimum atomic E-state index is -0.241. The summed E-state index contributed by atoms with van der Waals surface area (Å²) in [7, 11) is 1.55. The molecule has 0 unspecified atom stereocenters. The third-order valence-corrected chi connectivity index (χ3v) is 5.41. The van der Waals surface area contributed by atoms with Gasteiger partial charge in [0.25, 0.3) is 5.91 Å². The van der Waals surface area contributed by atoms with Gasteiger partial charge in [0.15, 0.2) is 0 Å². The molecule has 25 heavy (non-hydrogen) atoms. The number of anilines is 1. The number of nitrogens with zero attached hydrogens (tertiary/aromatic N) is 1. The molecule has 2 heterocycles. The minimum absolute atomic E-state index is 0.241. The van der Waals surface area contributed by atoms with E-state index >= 15 is 0 Å². The van der Waals surface area contributed by atoms with Gasteiger partial charge in [0.1, 0.15) is 11.4 Å². The first-order chi connectivity index (χ1) is 12.2. The van der Waals surface area contributed by atoms with E-state index in [4.69, 9.17) is 16.3 Å². The van der Waals surface area contributed by atoms with Gasteiger partial charge in [-0.05, 0) is 24.3 Å². The summed E-state index contributed by atoms with van der Waals surface area (Å²) in [5.74, 6) is 1.02. The monoisotopic (exact) mass is 371 g/mol. The van der Waals surface area contributed by atoms with Crippen molar-refractivity contribution in [2.24, 2.45) is 0 Å². The average molecular weight is 372 g/mol. The quantitative estimate of drug-likeness (QED) is 0.706. The highest BCUT2D eigenvalue weighted by atomic mass is 35.5. The summed E-state index contributed by atoms with van der Waals surface area (Å²) in [4.78, 5) is 13.8. The van der Waals surface area contributed by atoms with Gasteiger partial charge in [0, 0.05) is 27.5 Å². The van der Waals surface area contributed by atoms with Crippen molar-refractivity contribution in [3.8, 4) is 17.0 Å². The number of fused-ring (bicyclic) bond motifs is 3.